The molecule has 1 aliphatic rings. The molecule has 0 aromatic heterocycles. The zero-order chi connectivity index (χ0) is 18.4. The molecule has 0 unspecified atom stereocenters. The van der Waals surface area contributed by atoms with Gasteiger partial charge in [0.1, 0.15) is 38.5 Å². The molecular formula is C23H32N2O+2. The molecule has 0 spiro atoms. The summed E-state index contributed by atoms with van der Waals surface area (Å²) in [6.45, 7) is 11.6. The highest BCUT2D eigenvalue weighted by molar-refractivity contribution is 5.48. The molecule has 3 heteroatoms. The second-order valence-corrected chi connectivity index (χ2v) is 7.37. The van der Waals surface area contributed by atoms with Gasteiger partial charge in [0.15, 0.2) is 0 Å². The lowest BCUT2D eigenvalue weighted by molar-refractivity contribution is -1.02. The third-order valence-corrected chi connectivity index (χ3v) is 5.69. The van der Waals surface area contributed by atoms with Gasteiger partial charge in [-0.15, -0.1) is 0 Å². The van der Waals surface area contributed by atoms with Crippen LogP contribution in [0.4, 0.5) is 0 Å². The second-order valence-electron chi connectivity index (χ2n) is 7.37. The number of hydrogen-bond acceptors (Lipinski definition) is 1. The maximum absolute atomic E-state index is 5.44. The van der Waals surface area contributed by atoms with Gasteiger partial charge in [0, 0.05) is 5.56 Å². The summed E-state index contributed by atoms with van der Waals surface area (Å²) in [5, 5.41) is 0. The smallest absolute Gasteiger partial charge is 0.127 e. The lowest BCUT2D eigenvalue weighted by atomic mass is 10.0. The van der Waals surface area contributed by atoms with Crippen molar-refractivity contribution in [1.82, 2.24) is 0 Å². The molecule has 138 valence electrons. The van der Waals surface area contributed by atoms with Crippen LogP contribution < -0.4 is 14.5 Å². The minimum absolute atomic E-state index is 1.00. The number of piperazine rings is 1. The molecule has 0 amide bonds. The van der Waals surface area contributed by atoms with Crippen molar-refractivity contribution in [3.05, 3.63) is 70.8 Å². The van der Waals surface area contributed by atoms with E-state index in [0.29, 0.717) is 0 Å². The van der Waals surface area contributed by atoms with E-state index in [-0.39, 0.29) is 0 Å². The van der Waals surface area contributed by atoms with Crippen molar-refractivity contribution >= 4 is 6.08 Å². The van der Waals surface area contributed by atoms with Gasteiger partial charge >= 0.3 is 0 Å². The summed E-state index contributed by atoms with van der Waals surface area (Å²) < 4.78 is 5.44. The van der Waals surface area contributed by atoms with Crippen LogP contribution in [-0.4, -0.2) is 39.8 Å². The number of ether oxygens (including phenoxy) is 1. The Balaban J connectivity index is 1.48. The maximum Gasteiger partial charge on any atom is 0.127 e. The second kappa shape index (κ2) is 9.02. The third kappa shape index (κ3) is 4.75. The van der Waals surface area contributed by atoms with Gasteiger partial charge in [0.05, 0.1) is 13.7 Å². The summed E-state index contributed by atoms with van der Waals surface area (Å²) in [5.41, 5.74) is 5.42. The standard InChI is InChI=1S/C23H30N2O/c1-19-20(2)23(26-3)12-11-22(19)18-25-16-14-24(15-17-25)13-7-10-21-8-5-4-6-9-21/h4-12H,13-18H2,1-3H3/p+2. The van der Waals surface area contributed by atoms with Gasteiger partial charge in [-0.25, -0.2) is 0 Å². The first kappa shape index (κ1) is 18.7. The Kier molecular flexibility index (Phi) is 6.48. The summed E-state index contributed by atoms with van der Waals surface area (Å²) in [6.07, 6.45) is 4.57. The number of quaternary nitrogens is 2. The molecule has 3 rings (SSSR count). The van der Waals surface area contributed by atoms with Crippen LogP contribution in [0.3, 0.4) is 0 Å². The highest BCUT2D eigenvalue weighted by Crippen LogP contribution is 2.23. The van der Waals surface area contributed by atoms with Crippen molar-refractivity contribution in [2.24, 2.45) is 0 Å². The minimum atomic E-state index is 1.00. The third-order valence-electron chi connectivity index (χ3n) is 5.69. The summed E-state index contributed by atoms with van der Waals surface area (Å²) >= 11 is 0. The van der Waals surface area contributed by atoms with Crippen molar-refractivity contribution in [2.45, 2.75) is 20.4 Å². The first-order valence-corrected chi connectivity index (χ1v) is 9.69. The van der Waals surface area contributed by atoms with Gasteiger partial charge in [-0.05, 0) is 48.7 Å². The maximum atomic E-state index is 5.44. The molecule has 1 fully saturated rings. The number of nitrogens with one attached hydrogen (secondary N) is 2. The normalized spacial score (nSPS) is 20.4. The molecule has 1 aliphatic heterocycles. The van der Waals surface area contributed by atoms with Crippen LogP contribution >= 0.6 is 0 Å². The van der Waals surface area contributed by atoms with Crippen LogP contribution in [0.5, 0.6) is 5.75 Å². The van der Waals surface area contributed by atoms with Crippen LogP contribution in [0.1, 0.15) is 22.3 Å². The first-order chi connectivity index (χ1) is 12.7. The number of benzene rings is 2. The molecule has 2 aromatic carbocycles. The molecule has 1 heterocycles. The fourth-order valence-corrected chi connectivity index (χ4v) is 3.80. The molecule has 0 radical (unpaired) electrons. The zero-order valence-corrected chi connectivity index (χ0v) is 16.3. The van der Waals surface area contributed by atoms with Crippen molar-refractivity contribution < 1.29 is 14.5 Å². The lowest BCUT2D eigenvalue weighted by Gasteiger charge is -2.29. The van der Waals surface area contributed by atoms with E-state index in [0.717, 1.165) is 18.8 Å². The molecule has 1 saturated heterocycles. The largest absolute Gasteiger partial charge is 0.496 e. The van der Waals surface area contributed by atoms with Gasteiger partial charge < -0.3 is 14.5 Å². The van der Waals surface area contributed by atoms with Crippen molar-refractivity contribution in [2.75, 3.05) is 39.8 Å². The van der Waals surface area contributed by atoms with E-state index in [1.54, 1.807) is 16.9 Å². The van der Waals surface area contributed by atoms with E-state index in [1.807, 2.05) is 0 Å². The van der Waals surface area contributed by atoms with Crippen molar-refractivity contribution in [1.29, 1.82) is 0 Å². The molecule has 3 nitrogen and oxygen atoms in total. The van der Waals surface area contributed by atoms with Gasteiger partial charge in [-0.2, -0.15) is 0 Å². The molecule has 2 aromatic rings. The summed E-state index contributed by atoms with van der Waals surface area (Å²) in [7, 11) is 1.75. The van der Waals surface area contributed by atoms with E-state index >= 15 is 0 Å². The topological polar surface area (TPSA) is 18.1 Å². The average Bonchev–Trinajstić information content (AvgIpc) is 2.68. The average molecular weight is 353 g/mol. The molecule has 0 atom stereocenters. The zero-order valence-electron chi connectivity index (χ0n) is 16.3. The SMILES string of the molecule is COc1ccc(C[NH+]2CC[NH+](CC=Cc3ccccc3)CC2)c(C)c1C. The lowest BCUT2D eigenvalue weighted by Crippen LogP contribution is -3.27. The van der Waals surface area contributed by atoms with E-state index in [4.69, 9.17) is 4.74 Å². The van der Waals surface area contributed by atoms with Crippen LogP contribution in [0, 0.1) is 13.8 Å². The van der Waals surface area contributed by atoms with Crippen LogP contribution in [0.2, 0.25) is 0 Å². The van der Waals surface area contributed by atoms with E-state index in [2.05, 4.69) is 68.5 Å². The number of hydrogen-bond donors (Lipinski definition) is 2. The highest BCUT2D eigenvalue weighted by Gasteiger charge is 2.23. The Hall–Kier alpha value is -2.10. The van der Waals surface area contributed by atoms with Crippen LogP contribution in [-0.2, 0) is 6.54 Å². The van der Waals surface area contributed by atoms with Crippen LogP contribution in [0.15, 0.2) is 48.5 Å². The minimum Gasteiger partial charge on any atom is -0.496 e. The number of rotatable bonds is 6. The molecule has 26 heavy (non-hydrogen) atoms. The molecule has 2 N–H and O–H groups in total. The summed E-state index contributed by atoms with van der Waals surface area (Å²) in [5.74, 6) is 1.00. The Morgan fingerprint density at radius 1 is 0.885 bits per heavy atom. The van der Waals surface area contributed by atoms with Gasteiger partial charge in [0.25, 0.3) is 0 Å². The predicted molar refractivity (Wildman–Crippen MR) is 108 cm³/mol. The summed E-state index contributed by atoms with van der Waals surface area (Å²) in [6, 6.07) is 14.9. The fourth-order valence-electron chi connectivity index (χ4n) is 3.80. The molecule has 0 saturated carbocycles. The van der Waals surface area contributed by atoms with Gasteiger partial charge in [-0.1, -0.05) is 36.4 Å². The van der Waals surface area contributed by atoms with Crippen LogP contribution in [0.25, 0.3) is 6.08 Å². The quantitative estimate of drug-likeness (QED) is 0.802. The van der Waals surface area contributed by atoms with Gasteiger partial charge in [0.2, 0.25) is 0 Å². The monoisotopic (exact) mass is 352 g/mol. The number of methoxy groups -OCH3 is 1. The Labute approximate surface area is 157 Å². The Morgan fingerprint density at radius 3 is 2.27 bits per heavy atom. The van der Waals surface area contributed by atoms with E-state index in [9.17, 15) is 0 Å². The Morgan fingerprint density at radius 2 is 1.58 bits per heavy atom. The fraction of sp³-hybridized carbons (Fsp3) is 0.391. The van der Waals surface area contributed by atoms with Gasteiger partial charge in [-0.3, -0.25) is 0 Å². The van der Waals surface area contributed by atoms with Crippen molar-refractivity contribution in [3.8, 4) is 5.75 Å². The van der Waals surface area contributed by atoms with E-state index in [1.165, 1.54) is 48.4 Å². The highest BCUT2D eigenvalue weighted by atomic mass is 16.5. The molecule has 0 aliphatic carbocycles. The molecule has 0 bridgehead atoms. The van der Waals surface area contributed by atoms with Crippen molar-refractivity contribution in [3.63, 3.8) is 0 Å². The Bertz CT molecular complexity index is 731. The van der Waals surface area contributed by atoms with E-state index < -0.39 is 0 Å². The summed E-state index contributed by atoms with van der Waals surface area (Å²) in [4.78, 5) is 3.40. The molecular weight excluding hydrogens is 320 g/mol. The first-order valence-electron chi connectivity index (χ1n) is 9.69. The predicted octanol–water partition coefficient (Wildman–Crippen LogP) is 1.31.